The maximum atomic E-state index is 17.0. The molecule has 1 amide bonds. The third kappa shape index (κ3) is 6.35. The lowest BCUT2D eigenvalue weighted by atomic mass is 9.94. The Morgan fingerprint density at radius 2 is 1.85 bits per heavy atom. The van der Waals surface area contributed by atoms with Gasteiger partial charge in [0.05, 0.1) is 41.4 Å². The first kappa shape index (κ1) is 35.0. The Kier molecular flexibility index (Phi) is 9.34. The van der Waals surface area contributed by atoms with Crippen LogP contribution in [0.2, 0.25) is 0 Å². The minimum absolute atomic E-state index is 0.0193. The second-order valence-corrected chi connectivity index (χ2v) is 14.0. The SMILES string of the molecule is N#CCC1CN(c2nc(OC[C@@]34CCCN3CC(F)C4)nc3c(F)c(-c4cccc5cccc(C#N)c45)ccc23)CCN1C(=O)/C(F)=C/c1ccccn1. The molecule has 3 fully saturated rings. The van der Waals surface area contributed by atoms with Crippen molar-refractivity contribution in [1.82, 2.24) is 24.8 Å². The summed E-state index contributed by atoms with van der Waals surface area (Å²) in [7, 11) is 0. The van der Waals surface area contributed by atoms with E-state index in [1.54, 1.807) is 54.6 Å². The molecule has 3 atom stereocenters. The Bertz CT molecular complexity index is 2370. The van der Waals surface area contributed by atoms with E-state index in [1.165, 1.54) is 11.1 Å². The summed E-state index contributed by atoms with van der Waals surface area (Å²) in [5.74, 6) is -2.18. The van der Waals surface area contributed by atoms with Crippen molar-refractivity contribution in [2.75, 3.05) is 44.2 Å². The summed E-state index contributed by atoms with van der Waals surface area (Å²) in [6.07, 6.45) is 3.49. The summed E-state index contributed by atoms with van der Waals surface area (Å²) in [6, 6.07) is 22.6. The highest BCUT2D eigenvalue weighted by atomic mass is 19.1. The quantitative estimate of drug-likeness (QED) is 0.160. The summed E-state index contributed by atoms with van der Waals surface area (Å²) in [5.41, 5.74) is 0.915. The van der Waals surface area contributed by atoms with E-state index in [1.807, 2.05) is 17.0 Å². The number of carbonyl (C=O) groups excluding carboxylic acids is 1. The molecule has 0 aliphatic carbocycles. The van der Waals surface area contributed by atoms with E-state index >= 15 is 8.78 Å². The van der Waals surface area contributed by atoms with Crippen molar-refractivity contribution in [2.45, 2.75) is 43.4 Å². The fourth-order valence-electron chi connectivity index (χ4n) is 8.33. The van der Waals surface area contributed by atoms with E-state index in [2.05, 4.69) is 27.0 Å². The van der Waals surface area contributed by atoms with Gasteiger partial charge in [-0.15, -0.1) is 0 Å². The van der Waals surface area contributed by atoms with Crippen LogP contribution in [0.3, 0.4) is 0 Å². The summed E-state index contributed by atoms with van der Waals surface area (Å²) < 4.78 is 53.2. The van der Waals surface area contributed by atoms with E-state index in [-0.39, 0.29) is 55.4 Å². The average molecular weight is 729 g/mol. The smallest absolute Gasteiger partial charge is 0.319 e. The van der Waals surface area contributed by atoms with Crippen LogP contribution >= 0.6 is 0 Å². The minimum Gasteiger partial charge on any atom is -0.461 e. The first-order valence-corrected chi connectivity index (χ1v) is 17.9. The molecule has 2 unspecified atom stereocenters. The van der Waals surface area contributed by atoms with Gasteiger partial charge in [-0.1, -0.05) is 42.5 Å². The number of halogens is 3. The summed E-state index contributed by atoms with van der Waals surface area (Å²) in [5, 5.41) is 21.4. The predicted molar refractivity (Wildman–Crippen MR) is 197 cm³/mol. The first-order valence-electron chi connectivity index (χ1n) is 17.9. The van der Waals surface area contributed by atoms with Gasteiger partial charge in [-0.2, -0.15) is 20.5 Å². The molecule has 10 nitrogen and oxygen atoms in total. The number of rotatable bonds is 8. The van der Waals surface area contributed by atoms with Crippen LogP contribution in [0.5, 0.6) is 6.01 Å². The second-order valence-electron chi connectivity index (χ2n) is 14.0. The summed E-state index contributed by atoms with van der Waals surface area (Å²) >= 11 is 0. The van der Waals surface area contributed by atoms with Crippen molar-refractivity contribution in [2.24, 2.45) is 0 Å². The van der Waals surface area contributed by atoms with Crippen molar-refractivity contribution in [3.63, 3.8) is 0 Å². The van der Waals surface area contributed by atoms with Gasteiger partial charge in [0.25, 0.3) is 5.91 Å². The zero-order valence-electron chi connectivity index (χ0n) is 29.3. The molecule has 3 aliphatic heterocycles. The molecule has 5 heterocycles. The number of pyridine rings is 1. The lowest BCUT2D eigenvalue weighted by molar-refractivity contribution is -0.131. The fourth-order valence-corrected chi connectivity index (χ4v) is 8.33. The third-order valence-corrected chi connectivity index (χ3v) is 10.8. The highest BCUT2D eigenvalue weighted by Gasteiger charge is 2.49. The van der Waals surface area contributed by atoms with Crippen molar-refractivity contribution >= 4 is 39.5 Å². The van der Waals surface area contributed by atoms with Crippen molar-refractivity contribution < 1.29 is 22.7 Å². The molecule has 13 heteroatoms. The van der Waals surface area contributed by atoms with Gasteiger partial charge in [0, 0.05) is 61.2 Å². The fraction of sp³-hybridized carbons (Fsp3) is 0.317. The van der Waals surface area contributed by atoms with Crippen molar-refractivity contribution in [1.29, 1.82) is 10.5 Å². The molecule has 3 aromatic carbocycles. The Morgan fingerprint density at radius 3 is 2.65 bits per heavy atom. The molecule has 272 valence electrons. The first-order chi connectivity index (χ1) is 26.3. The lowest BCUT2D eigenvalue weighted by Gasteiger charge is -2.41. The zero-order valence-corrected chi connectivity index (χ0v) is 29.3. The van der Waals surface area contributed by atoms with Crippen LogP contribution in [0.15, 0.2) is 78.8 Å². The van der Waals surface area contributed by atoms with Crippen molar-refractivity contribution in [3.8, 4) is 29.3 Å². The van der Waals surface area contributed by atoms with Gasteiger partial charge < -0.3 is 14.5 Å². The van der Waals surface area contributed by atoms with Crippen LogP contribution in [0.25, 0.3) is 38.9 Å². The van der Waals surface area contributed by atoms with Crippen molar-refractivity contribution in [3.05, 3.63) is 95.8 Å². The van der Waals surface area contributed by atoms with Gasteiger partial charge in [-0.05, 0) is 54.6 Å². The van der Waals surface area contributed by atoms with E-state index in [0.717, 1.165) is 30.8 Å². The van der Waals surface area contributed by atoms with Crippen LogP contribution in [0.1, 0.15) is 36.9 Å². The van der Waals surface area contributed by atoms with Gasteiger partial charge in [0.15, 0.2) is 11.6 Å². The largest absolute Gasteiger partial charge is 0.461 e. The molecule has 54 heavy (non-hydrogen) atoms. The van der Waals surface area contributed by atoms with E-state index in [4.69, 9.17) is 9.72 Å². The Hall–Kier alpha value is -6.05. The molecule has 2 aromatic heterocycles. The molecule has 0 radical (unpaired) electrons. The number of amides is 1. The summed E-state index contributed by atoms with van der Waals surface area (Å²) in [4.78, 5) is 32.1. The molecular weight excluding hydrogens is 693 g/mol. The molecule has 0 spiro atoms. The molecule has 8 rings (SSSR count). The number of nitriles is 2. The number of hydrogen-bond donors (Lipinski definition) is 0. The normalized spacial score (nSPS) is 21.6. The van der Waals surface area contributed by atoms with Gasteiger partial charge >= 0.3 is 6.01 Å². The molecule has 3 aliphatic rings. The molecular formula is C41H35F3N8O2. The predicted octanol–water partition coefficient (Wildman–Crippen LogP) is 6.75. The number of piperazine rings is 1. The van der Waals surface area contributed by atoms with Gasteiger partial charge in [-0.25, -0.2) is 13.2 Å². The van der Waals surface area contributed by atoms with Gasteiger partial charge in [0.2, 0.25) is 0 Å². The Balaban J connectivity index is 1.19. The van der Waals surface area contributed by atoms with Gasteiger partial charge in [0.1, 0.15) is 24.1 Å². The average Bonchev–Trinajstić information content (AvgIpc) is 3.72. The molecule has 3 saturated heterocycles. The van der Waals surface area contributed by atoms with E-state index < -0.39 is 35.3 Å². The number of hydrogen-bond acceptors (Lipinski definition) is 9. The van der Waals surface area contributed by atoms with Crippen LogP contribution in [0.4, 0.5) is 19.0 Å². The maximum absolute atomic E-state index is 17.0. The topological polar surface area (TPSA) is 122 Å². The van der Waals surface area contributed by atoms with Crippen LogP contribution in [-0.4, -0.2) is 87.7 Å². The number of alkyl halides is 1. The number of carbonyl (C=O) groups is 1. The monoisotopic (exact) mass is 728 g/mol. The molecule has 0 bridgehead atoms. The molecule has 0 N–H and O–H groups in total. The minimum atomic E-state index is -1.00. The number of aromatic nitrogens is 3. The molecule has 5 aromatic rings. The Morgan fingerprint density at radius 1 is 1.00 bits per heavy atom. The number of fused-ring (bicyclic) bond motifs is 3. The molecule has 0 saturated carbocycles. The Labute approximate surface area is 309 Å². The van der Waals surface area contributed by atoms with Crippen LogP contribution in [-0.2, 0) is 4.79 Å². The maximum Gasteiger partial charge on any atom is 0.319 e. The standard InChI is InChI=1S/C41H35F3N8O2/c42-28-21-41(14-5-17-51(41)23-28)25-54-40-48-37-33(12-11-32(36(37)44)31-10-4-7-26-6-3-8-27(22-46)35(26)31)38(49-40)50-18-19-52(30(24-50)13-15-45)39(53)34(43)20-29-9-1-2-16-47-29/h1-4,6-12,16,20,28,30H,5,13-14,17-19,21,23-25H2/b34-20-/t28?,30?,41-/m0/s1. The van der Waals surface area contributed by atoms with Crippen LogP contribution in [0, 0.1) is 28.5 Å². The highest BCUT2D eigenvalue weighted by Crippen LogP contribution is 2.41. The number of benzene rings is 3. The van der Waals surface area contributed by atoms with E-state index in [0.29, 0.717) is 40.7 Å². The van der Waals surface area contributed by atoms with Gasteiger partial charge in [-0.3, -0.25) is 14.7 Å². The number of ether oxygens (including phenoxy) is 1. The zero-order chi connectivity index (χ0) is 37.4. The second kappa shape index (κ2) is 14.4. The highest BCUT2D eigenvalue weighted by molar-refractivity contribution is 6.03. The number of nitrogens with zero attached hydrogens (tertiary/aromatic N) is 8. The third-order valence-electron chi connectivity index (χ3n) is 10.8. The summed E-state index contributed by atoms with van der Waals surface area (Å²) in [6.45, 7) is 1.57. The number of anilines is 1. The van der Waals surface area contributed by atoms with Crippen LogP contribution < -0.4 is 9.64 Å². The van der Waals surface area contributed by atoms with E-state index in [9.17, 15) is 19.7 Å². The lowest BCUT2D eigenvalue weighted by Crippen LogP contribution is -2.55.